The summed E-state index contributed by atoms with van der Waals surface area (Å²) in [6.07, 6.45) is -1.17. The van der Waals surface area contributed by atoms with Gasteiger partial charge < -0.3 is 4.90 Å². The van der Waals surface area contributed by atoms with Crippen LogP contribution < -0.4 is 0 Å². The van der Waals surface area contributed by atoms with E-state index in [1.54, 1.807) is 17.2 Å². The van der Waals surface area contributed by atoms with Gasteiger partial charge in [-0.1, -0.05) is 0 Å². The normalized spacial score (nSPS) is 17.3. The third-order valence-electron chi connectivity index (χ3n) is 3.01. The first-order valence-corrected chi connectivity index (χ1v) is 6.83. The minimum absolute atomic E-state index is 0.203. The Kier molecular flexibility index (Phi) is 4.64. The first kappa shape index (κ1) is 15.2. The number of alkyl halides is 3. The van der Waals surface area contributed by atoms with Crippen LogP contribution in [0.25, 0.3) is 0 Å². The maximum Gasteiger partial charge on any atom is 0.401 e. The van der Waals surface area contributed by atoms with Crippen LogP contribution in [-0.4, -0.2) is 59.6 Å². The van der Waals surface area contributed by atoms with Gasteiger partial charge >= 0.3 is 6.18 Å². The second kappa shape index (κ2) is 6.09. The van der Waals surface area contributed by atoms with Crippen LogP contribution in [0.2, 0.25) is 0 Å². The molecule has 1 saturated heterocycles. The summed E-state index contributed by atoms with van der Waals surface area (Å²) >= 11 is 3.23. The summed E-state index contributed by atoms with van der Waals surface area (Å²) in [5.74, 6) is -0.203. The maximum absolute atomic E-state index is 12.3. The smallest absolute Gasteiger partial charge is 0.336 e. The van der Waals surface area contributed by atoms with Crippen LogP contribution in [0.15, 0.2) is 22.9 Å². The van der Waals surface area contributed by atoms with Crippen molar-refractivity contribution in [2.75, 3.05) is 32.7 Å². The molecule has 1 aromatic rings. The molecule has 8 heteroatoms. The predicted molar refractivity (Wildman–Crippen MR) is 70.3 cm³/mol. The van der Waals surface area contributed by atoms with Crippen molar-refractivity contribution in [1.29, 1.82) is 0 Å². The SMILES string of the molecule is O=C(c1cncc(Br)c1)N1CCN(CC(F)(F)F)CC1. The molecule has 1 aromatic heterocycles. The Bertz CT molecular complexity index is 487. The highest BCUT2D eigenvalue weighted by Gasteiger charge is 2.32. The zero-order valence-corrected chi connectivity index (χ0v) is 12.1. The van der Waals surface area contributed by atoms with E-state index in [0.29, 0.717) is 23.1 Å². The first-order chi connectivity index (χ1) is 9.35. The Morgan fingerprint density at radius 2 is 1.90 bits per heavy atom. The summed E-state index contributed by atoms with van der Waals surface area (Å²) in [6.45, 7) is 0.121. The van der Waals surface area contributed by atoms with Crippen LogP contribution in [0, 0.1) is 0 Å². The zero-order chi connectivity index (χ0) is 14.8. The quantitative estimate of drug-likeness (QED) is 0.819. The molecule has 110 valence electrons. The lowest BCUT2D eigenvalue weighted by atomic mass is 10.2. The second-order valence-corrected chi connectivity index (χ2v) is 5.49. The fourth-order valence-electron chi connectivity index (χ4n) is 2.07. The number of piperazine rings is 1. The van der Waals surface area contributed by atoms with Gasteiger partial charge in [0.15, 0.2) is 0 Å². The fraction of sp³-hybridized carbons (Fsp3) is 0.500. The van der Waals surface area contributed by atoms with E-state index in [4.69, 9.17) is 0 Å². The van der Waals surface area contributed by atoms with Gasteiger partial charge in [-0.2, -0.15) is 13.2 Å². The van der Waals surface area contributed by atoms with Crippen LogP contribution in [-0.2, 0) is 0 Å². The van der Waals surface area contributed by atoms with Gasteiger partial charge in [0.05, 0.1) is 12.1 Å². The number of carbonyl (C=O) groups is 1. The van der Waals surface area contributed by atoms with Crippen molar-refractivity contribution < 1.29 is 18.0 Å². The van der Waals surface area contributed by atoms with Crippen LogP contribution in [0.3, 0.4) is 0 Å². The molecule has 0 radical (unpaired) electrons. The van der Waals surface area contributed by atoms with Crippen LogP contribution in [0.1, 0.15) is 10.4 Å². The van der Waals surface area contributed by atoms with Crippen LogP contribution in [0.4, 0.5) is 13.2 Å². The highest BCUT2D eigenvalue weighted by molar-refractivity contribution is 9.10. The van der Waals surface area contributed by atoms with Crippen molar-refractivity contribution in [2.45, 2.75) is 6.18 Å². The minimum Gasteiger partial charge on any atom is -0.336 e. The Morgan fingerprint density at radius 3 is 2.45 bits per heavy atom. The molecule has 1 fully saturated rings. The standard InChI is InChI=1S/C12H13BrF3N3O/c13-10-5-9(6-17-7-10)11(20)19-3-1-18(2-4-19)8-12(14,15)16/h5-7H,1-4,8H2. The number of carbonyl (C=O) groups excluding carboxylic acids is 1. The van der Waals surface area contributed by atoms with Gasteiger partial charge in [-0.05, 0) is 22.0 Å². The molecule has 0 N–H and O–H groups in total. The molecule has 0 bridgehead atoms. The molecule has 20 heavy (non-hydrogen) atoms. The summed E-state index contributed by atoms with van der Waals surface area (Å²) in [5, 5.41) is 0. The van der Waals surface area contributed by atoms with E-state index < -0.39 is 12.7 Å². The monoisotopic (exact) mass is 351 g/mol. The van der Waals surface area contributed by atoms with Gasteiger partial charge in [0.1, 0.15) is 0 Å². The Balaban J connectivity index is 1.92. The second-order valence-electron chi connectivity index (χ2n) is 4.58. The Hall–Kier alpha value is -1.15. The van der Waals surface area contributed by atoms with E-state index in [1.165, 1.54) is 11.1 Å². The fourth-order valence-corrected chi connectivity index (χ4v) is 2.44. The number of aromatic nitrogens is 1. The summed E-state index contributed by atoms with van der Waals surface area (Å²) in [4.78, 5) is 18.9. The lowest BCUT2D eigenvalue weighted by Crippen LogP contribution is -2.50. The summed E-state index contributed by atoms with van der Waals surface area (Å²) in [5.41, 5.74) is 0.434. The van der Waals surface area contributed by atoms with E-state index in [1.807, 2.05) is 0 Å². The molecule has 1 aliphatic heterocycles. The molecule has 1 amide bonds. The average molecular weight is 352 g/mol. The molecular weight excluding hydrogens is 339 g/mol. The maximum atomic E-state index is 12.3. The highest BCUT2D eigenvalue weighted by atomic mass is 79.9. The van der Waals surface area contributed by atoms with Crippen molar-refractivity contribution in [1.82, 2.24) is 14.8 Å². The number of rotatable bonds is 2. The molecule has 2 rings (SSSR count). The van der Waals surface area contributed by atoms with Crippen molar-refractivity contribution in [2.24, 2.45) is 0 Å². The first-order valence-electron chi connectivity index (χ1n) is 6.04. The minimum atomic E-state index is -4.19. The molecule has 0 atom stereocenters. The molecular formula is C12H13BrF3N3O. The van der Waals surface area contributed by atoms with Gasteiger partial charge in [-0.25, -0.2) is 0 Å². The molecule has 1 aliphatic rings. The van der Waals surface area contributed by atoms with Crippen molar-refractivity contribution in [3.63, 3.8) is 0 Å². The van der Waals surface area contributed by atoms with Gasteiger partial charge in [0, 0.05) is 43.0 Å². The molecule has 2 heterocycles. The van der Waals surface area contributed by atoms with E-state index in [9.17, 15) is 18.0 Å². The lowest BCUT2D eigenvalue weighted by molar-refractivity contribution is -0.148. The largest absolute Gasteiger partial charge is 0.401 e. The van der Waals surface area contributed by atoms with E-state index in [-0.39, 0.29) is 19.0 Å². The average Bonchev–Trinajstić information content (AvgIpc) is 2.37. The van der Waals surface area contributed by atoms with Gasteiger partial charge in [0.25, 0.3) is 5.91 Å². The van der Waals surface area contributed by atoms with Gasteiger partial charge in [0.2, 0.25) is 0 Å². The molecule has 0 aliphatic carbocycles. The number of nitrogens with zero attached hydrogens (tertiary/aromatic N) is 3. The van der Waals surface area contributed by atoms with Gasteiger partial charge in [-0.3, -0.25) is 14.7 Å². The van der Waals surface area contributed by atoms with Crippen molar-refractivity contribution in [3.05, 3.63) is 28.5 Å². The predicted octanol–water partition coefficient (Wildman–Crippen LogP) is 2.16. The topological polar surface area (TPSA) is 36.4 Å². The third-order valence-corrected chi connectivity index (χ3v) is 3.45. The van der Waals surface area contributed by atoms with Crippen LogP contribution >= 0.6 is 15.9 Å². The Morgan fingerprint density at radius 1 is 1.25 bits per heavy atom. The van der Waals surface area contributed by atoms with Crippen molar-refractivity contribution in [3.8, 4) is 0 Å². The summed E-state index contributed by atoms with van der Waals surface area (Å²) in [6, 6.07) is 1.65. The molecule has 4 nitrogen and oxygen atoms in total. The zero-order valence-electron chi connectivity index (χ0n) is 10.5. The number of hydrogen-bond donors (Lipinski definition) is 0. The van der Waals surface area contributed by atoms with Crippen molar-refractivity contribution >= 4 is 21.8 Å². The summed E-state index contributed by atoms with van der Waals surface area (Å²) in [7, 11) is 0. The molecule has 0 unspecified atom stereocenters. The number of amides is 1. The number of halogens is 4. The summed E-state index contributed by atoms with van der Waals surface area (Å²) < 4.78 is 37.5. The van der Waals surface area contributed by atoms with E-state index in [2.05, 4.69) is 20.9 Å². The molecule has 0 saturated carbocycles. The number of pyridine rings is 1. The highest BCUT2D eigenvalue weighted by Crippen LogP contribution is 2.18. The van der Waals surface area contributed by atoms with Gasteiger partial charge in [-0.15, -0.1) is 0 Å². The molecule has 0 aromatic carbocycles. The van der Waals surface area contributed by atoms with E-state index >= 15 is 0 Å². The van der Waals surface area contributed by atoms with Crippen LogP contribution in [0.5, 0.6) is 0 Å². The third kappa shape index (κ3) is 4.17. The van der Waals surface area contributed by atoms with E-state index in [0.717, 1.165) is 0 Å². The number of hydrogen-bond acceptors (Lipinski definition) is 3. The molecule has 0 spiro atoms. The Labute approximate surface area is 122 Å². The lowest BCUT2D eigenvalue weighted by Gasteiger charge is -2.35.